The van der Waals surface area contributed by atoms with Crippen molar-refractivity contribution in [1.82, 2.24) is 0 Å². The molecule has 2 nitrogen and oxygen atoms in total. The second-order valence-electron chi connectivity index (χ2n) is 2.94. The van der Waals surface area contributed by atoms with Gasteiger partial charge in [-0.1, -0.05) is 34.8 Å². The van der Waals surface area contributed by atoms with E-state index in [0.29, 0.717) is 26.6 Å². The van der Waals surface area contributed by atoms with Crippen LogP contribution in [0, 0.1) is 0 Å². The molecule has 0 N–H and O–H groups in total. The van der Waals surface area contributed by atoms with Crippen molar-refractivity contribution in [2.24, 2.45) is 10.2 Å². The van der Waals surface area contributed by atoms with Gasteiger partial charge in [0.2, 0.25) is 0 Å². The monoisotopic (exact) mass is 284 g/mol. The number of hydrogen-bond donors (Lipinski definition) is 0. The third-order valence-electron chi connectivity index (χ3n) is 1.56. The van der Waals surface area contributed by atoms with Crippen LogP contribution in [0.2, 0.25) is 15.1 Å². The summed E-state index contributed by atoms with van der Waals surface area (Å²) in [6.07, 6.45) is 0. The van der Waals surface area contributed by atoms with Gasteiger partial charge in [0.05, 0.1) is 16.1 Å². The molecule has 0 aliphatic heterocycles. The highest BCUT2D eigenvalue weighted by Gasteiger charge is 2.07. The van der Waals surface area contributed by atoms with Gasteiger partial charge in [0.25, 0.3) is 0 Å². The van der Waals surface area contributed by atoms with E-state index in [-0.39, 0.29) is 6.04 Å². The maximum Gasteiger partial charge on any atom is 0.123 e. The highest BCUT2D eigenvalue weighted by atomic mass is 35.5. The largest absolute Gasteiger partial charge is 0.184 e. The van der Waals surface area contributed by atoms with Crippen molar-refractivity contribution in [1.29, 1.82) is 0 Å². The van der Waals surface area contributed by atoms with Crippen molar-refractivity contribution in [2.75, 3.05) is 5.88 Å². The Morgan fingerprint density at radius 3 is 2.20 bits per heavy atom. The number of hydrogen-bond acceptors (Lipinski definition) is 2. The maximum atomic E-state index is 5.91. The summed E-state index contributed by atoms with van der Waals surface area (Å²) in [4.78, 5) is 0. The van der Waals surface area contributed by atoms with Gasteiger partial charge in [0, 0.05) is 10.9 Å². The fraction of sp³-hybridized carbons (Fsp3) is 0.333. The van der Waals surface area contributed by atoms with E-state index in [1.807, 2.05) is 6.92 Å². The van der Waals surface area contributed by atoms with Crippen LogP contribution >= 0.6 is 46.4 Å². The van der Waals surface area contributed by atoms with Gasteiger partial charge in [-0.15, -0.1) is 11.6 Å². The van der Waals surface area contributed by atoms with Crippen molar-refractivity contribution in [3.8, 4) is 0 Å². The molecule has 0 aliphatic carbocycles. The molecule has 82 valence electrons. The fourth-order valence-corrected chi connectivity index (χ4v) is 1.77. The van der Waals surface area contributed by atoms with E-state index < -0.39 is 0 Å². The van der Waals surface area contributed by atoms with Crippen molar-refractivity contribution in [2.45, 2.75) is 13.0 Å². The Labute approximate surface area is 108 Å². The molecular weight excluding hydrogens is 278 g/mol. The molecule has 6 heteroatoms. The number of halogens is 4. The number of rotatable bonds is 3. The molecule has 1 aromatic rings. The van der Waals surface area contributed by atoms with Gasteiger partial charge in [-0.05, 0) is 19.1 Å². The SMILES string of the molecule is CC(CCl)N=Nc1c(Cl)cc(Cl)cc1Cl. The number of benzene rings is 1. The van der Waals surface area contributed by atoms with Crippen LogP contribution < -0.4 is 0 Å². The fourth-order valence-electron chi connectivity index (χ4n) is 0.817. The molecule has 0 aliphatic rings. The molecule has 0 aromatic heterocycles. The molecule has 15 heavy (non-hydrogen) atoms. The van der Waals surface area contributed by atoms with E-state index in [9.17, 15) is 0 Å². The molecule has 1 aromatic carbocycles. The first-order valence-electron chi connectivity index (χ1n) is 4.16. The lowest BCUT2D eigenvalue weighted by molar-refractivity contribution is 0.786. The van der Waals surface area contributed by atoms with Gasteiger partial charge in [-0.25, -0.2) is 0 Å². The smallest absolute Gasteiger partial charge is 0.123 e. The van der Waals surface area contributed by atoms with E-state index in [0.717, 1.165) is 0 Å². The van der Waals surface area contributed by atoms with Crippen LogP contribution in [-0.4, -0.2) is 11.9 Å². The van der Waals surface area contributed by atoms with E-state index in [4.69, 9.17) is 46.4 Å². The number of alkyl halides is 1. The van der Waals surface area contributed by atoms with Crippen molar-refractivity contribution in [3.63, 3.8) is 0 Å². The lowest BCUT2D eigenvalue weighted by Crippen LogP contribution is -1.96. The lowest BCUT2D eigenvalue weighted by atomic mass is 10.3. The summed E-state index contributed by atoms with van der Waals surface area (Å²) in [6.45, 7) is 1.84. The molecule has 0 amide bonds. The van der Waals surface area contributed by atoms with E-state index in [1.165, 1.54) is 0 Å². The Morgan fingerprint density at radius 2 is 1.73 bits per heavy atom. The van der Waals surface area contributed by atoms with Gasteiger partial charge >= 0.3 is 0 Å². The highest BCUT2D eigenvalue weighted by molar-refractivity contribution is 6.41. The molecule has 0 saturated carbocycles. The van der Waals surface area contributed by atoms with Gasteiger partial charge in [0.1, 0.15) is 5.69 Å². The van der Waals surface area contributed by atoms with E-state index >= 15 is 0 Å². The van der Waals surface area contributed by atoms with Crippen molar-refractivity contribution < 1.29 is 0 Å². The minimum Gasteiger partial charge on any atom is -0.184 e. The van der Waals surface area contributed by atoms with E-state index in [2.05, 4.69) is 10.2 Å². The average molecular weight is 286 g/mol. The summed E-state index contributed by atoms with van der Waals surface area (Å²) in [7, 11) is 0. The zero-order valence-electron chi connectivity index (χ0n) is 7.85. The van der Waals surface area contributed by atoms with E-state index in [1.54, 1.807) is 12.1 Å². The van der Waals surface area contributed by atoms with Crippen LogP contribution in [0.25, 0.3) is 0 Å². The molecular formula is C9H8Cl4N2. The topological polar surface area (TPSA) is 24.7 Å². The number of azo groups is 1. The third kappa shape index (κ3) is 3.80. The summed E-state index contributed by atoms with van der Waals surface area (Å²) >= 11 is 23.1. The third-order valence-corrected chi connectivity index (χ3v) is 2.80. The maximum absolute atomic E-state index is 5.91. The minimum atomic E-state index is -0.0746. The highest BCUT2D eigenvalue weighted by Crippen LogP contribution is 2.36. The Kier molecular flexibility index (Phi) is 5.13. The van der Waals surface area contributed by atoms with Crippen LogP contribution in [0.15, 0.2) is 22.4 Å². The van der Waals surface area contributed by atoms with Gasteiger partial charge in [-0.2, -0.15) is 10.2 Å². The molecule has 0 spiro atoms. The molecule has 1 unspecified atom stereocenters. The summed E-state index contributed by atoms with van der Waals surface area (Å²) in [5.41, 5.74) is 0.416. The minimum absolute atomic E-state index is 0.0746. The van der Waals surface area contributed by atoms with Crippen molar-refractivity contribution >= 4 is 52.1 Å². The summed E-state index contributed by atoms with van der Waals surface area (Å²) in [5, 5.41) is 9.09. The first-order valence-corrected chi connectivity index (χ1v) is 5.82. The Bertz CT molecular complexity index is 355. The summed E-state index contributed by atoms with van der Waals surface area (Å²) in [6, 6.07) is 3.05. The van der Waals surface area contributed by atoms with Crippen LogP contribution in [-0.2, 0) is 0 Å². The molecule has 1 rings (SSSR count). The van der Waals surface area contributed by atoms with Gasteiger partial charge in [0.15, 0.2) is 0 Å². The molecule has 0 bridgehead atoms. The first kappa shape index (κ1) is 13.0. The molecule has 0 saturated heterocycles. The van der Waals surface area contributed by atoms with Crippen molar-refractivity contribution in [3.05, 3.63) is 27.2 Å². The Balaban J connectivity index is 3.00. The molecule has 1 atom stereocenters. The second kappa shape index (κ2) is 5.90. The standard InChI is InChI=1S/C9H8Cl4N2/c1-5(4-10)14-15-9-7(12)2-6(11)3-8(9)13/h2-3,5H,4H2,1H3. The normalized spacial score (nSPS) is 13.4. The van der Waals surface area contributed by atoms with Crippen LogP contribution in [0.1, 0.15) is 6.92 Å². The zero-order chi connectivity index (χ0) is 11.4. The predicted octanol–water partition coefficient (Wildman–Crippen LogP) is 5.36. The molecule has 0 heterocycles. The summed E-state index contributed by atoms with van der Waals surface area (Å²) < 4.78 is 0. The molecule has 0 fully saturated rings. The second-order valence-corrected chi connectivity index (χ2v) is 4.50. The molecule has 0 radical (unpaired) electrons. The predicted molar refractivity (Wildman–Crippen MR) is 66.2 cm³/mol. The summed E-state index contributed by atoms with van der Waals surface area (Å²) in [5.74, 6) is 0.395. The average Bonchev–Trinajstić information content (AvgIpc) is 2.15. The van der Waals surface area contributed by atoms with Gasteiger partial charge < -0.3 is 0 Å². The van der Waals surface area contributed by atoms with Crippen LogP contribution in [0.4, 0.5) is 5.69 Å². The van der Waals surface area contributed by atoms with Crippen LogP contribution in [0.3, 0.4) is 0 Å². The Morgan fingerprint density at radius 1 is 1.20 bits per heavy atom. The van der Waals surface area contributed by atoms with Crippen LogP contribution in [0.5, 0.6) is 0 Å². The first-order chi connectivity index (χ1) is 7.04. The lowest BCUT2D eigenvalue weighted by Gasteiger charge is -2.02. The quantitative estimate of drug-likeness (QED) is 0.528. The zero-order valence-corrected chi connectivity index (χ0v) is 10.9. The Hall–Kier alpha value is -0.0200. The van der Waals surface area contributed by atoms with Gasteiger partial charge in [-0.3, -0.25) is 0 Å². The number of nitrogens with zero attached hydrogens (tertiary/aromatic N) is 2.